The Bertz CT molecular complexity index is 672. The van der Waals surface area contributed by atoms with Crippen molar-refractivity contribution in [3.8, 4) is 0 Å². The van der Waals surface area contributed by atoms with Crippen molar-refractivity contribution in [2.45, 2.75) is 46.6 Å². The minimum atomic E-state index is -1.25. The number of hydrogen-bond donors (Lipinski definition) is 0. The van der Waals surface area contributed by atoms with Crippen molar-refractivity contribution in [1.82, 2.24) is 0 Å². The predicted octanol–water partition coefficient (Wildman–Crippen LogP) is 3.84. The molecular weight excluding hydrogens is 316 g/mol. The third-order valence-corrected chi connectivity index (χ3v) is 4.56. The number of rotatable bonds is 7. The highest BCUT2D eigenvalue weighted by molar-refractivity contribution is 6.22. The first kappa shape index (κ1) is 19.1. The molecule has 1 aromatic carbocycles. The molecule has 0 N–H and O–H groups in total. The summed E-state index contributed by atoms with van der Waals surface area (Å²) in [5.41, 5.74) is 2.16. The fraction of sp³-hybridized carbons (Fsp3) is 0.476. The molecule has 0 aromatic heterocycles. The van der Waals surface area contributed by atoms with Crippen LogP contribution in [-0.2, 0) is 19.1 Å². The van der Waals surface area contributed by atoms with Gasteiger partial charge in [0.15, 0.2) is 23.6 Å². The average Bonchev–Trinajstić information content (AvgIpc) is 2.85. The zero-order valence-electron chi connectivity index (χ0n) is 15.3. The van der Waals surface area contributed by atoms with Crippen LogP contribution in [0.3, 0.4) is 0 Å². The number of allylic oxidation sites excluding steroid dienone is 2. The lowest BCUT2D eigenvalue weighted by Crippen LogP contribution is -2.32. The van der Waals surface area contributed by atoms with Gasteiger partial charge in [0.1, 0.15) is 0 Å². The summed E-state index contributed by atoms with van der Waals surface area (Å²) in [5.74, 6) is -2.82. The summed E-state index contributed by atoms with van der Waals surface area (Å²) in [5, 5.41) is 0. The summed E-state index contributed by atoms with van der Waals surface area (Å²) < 4.78 is 5.14. The fourth-order valence-corrected chi connectivity index (χ4v) is 2.99. The smallest absolute Gasteiger partial charge is 0.325 e. The Hall–Kier alpha value is -2.23. The Labute approximate surface area is 149 Å². The van der Waals surface area contributed by atoms with Crippen LogP contribution in [0.15, 0.2) is 36.4 Å². The van der Waals surface area contributed by atoms with Crippen LogP contribution in [-0.4, -0.2) is 23.6 Å². The van der Waals surface area contributed by atoms with Gasteiger partial charge < -0.3 is 4.74 Å². The van der Waals surface area contributed by atoms with Crippen molar-refractivity contribution in [3.05, 3.63) is 42.0 Å². The van der Waals surface area contributed by atoms with Gasteiger partial charge >= 0.3 is 5.97 Å². The van der Waals surface area contributed by atoms with Crippen molar-refractivity contribution in [3.63, 3.8) is 0 Å². The minimum Gasteiger partial charge on any atom is -0.453 e. The van der Waals surface area contributed by atoms with Crippen LogP contribution in [0.4, 0.5) is 0 Å². The number of benzene rings is 1. The number of carbonyl (C=O) groups is 3. The van der Waals surface area contributed by atoms with Gasteiger partial charge in [-0.2, -0.15) is 0 Å². The maximum absolute atomic E-state index is 12.6. The first-order chi connectivity index (χ1) is 11.8. The molecule has 3 atom stereocenters. The van der Waals surface area contributed by atoms with E-state index in [-0.39, 0.29) is 17.5 Å². The number of carbonyl (C=O) groups excluding carboxylic acids is 3. The van der Waals surface area contributed by atoms with Gasteiger partial charge in [-0.25, -0.2) is 0 Å². The molecule has 134 valence electrons. The van der Waals surface area contributed by atoms with Gasteiger partial charge in [0.05, 0.1) is 0 Å². The van der Waals surface area contributed by atoms with E-state index in [0.29, 0.717) is 12.8 Å². The van der Waals surface area contributed by atoms with E-state index in [0.717, 1.165) is 11.1 Å². The second-order valence-corrected chi connectivity index (χ2v) is 7.18. The molecule has 0 amide bonds. The SMILES string of the molecule is CC(=CCC(C)C(=O)C1C(=O)OC(CC(C)C)C1=O)c1ccccc1. The zero-order chi connectivity index (χ0) is 18.6. The number of cyclic esters (lactones) is 1. The third kappa shape index (κ3) is 4.65. The maximum atomic E-state index is 12.6. The average molecular weight is 342 g/mol. The number of Topliss-reactive ketones (excluding diaryl/α,β-unsaturated/α-hetero) is 2. The van der Waals surface area contributed by atoms with Crippen molar-refractivity contribution >= 4 is 23.1 Å². The summed E-state index contributed by atoms with van der Waals surface area (Å²) >= 11 is 0. The standard InChI is InChI=1S/C21H26O4/c1-13(2)12-17-20(23)18(21(24)25-17)19(22)15(4)11-10-14(3)16-8-6-5-7-9-16/h5-10,13,15,17-18H,11-12H2,1-4H3. The van der Waals surface area contributed by atoms with Crippen LogP contribution >= 0.6 is 0 Å². The molecule has 1 aliphatic rings. The van der Waals surface area contributed by atoms with Gasteiger partial charge in [-0.3, -0.25) is 14.4 Å². The van der Waals surface area contributed by atoms with E-state index in [1.54, 1.807) is 6.92 Å². The lowest BCUT2D eigenvalue weighted by Gasteiger charge is -2.12. The van der Waals surface area contributed by atoms with Crippen LogP contribution in [0.2, 0.25) is 0 Å². The molecule has 1 aliphatic heterocycles. The Morgan fingerprint density at radius 3 is 2.40 bits per heavy atom. The van der Waals surface area contributed by atoms with Crippen molar-refractivity contribution in [1.29, 1.82) is 0 Å². The minimum absolute atomic E-state index is 0.226. The molecule has 3 unspecified atom stereocenters. The van der Waals surface area contributed by atoms with Crippen LogP contribution < -0.4 is 0 Å². The summed E-state index contributed by atoms with van der Waals surface area (Å²) in [4.78, 5) is 37.0. The van der Waals surface area contributed by atoms with Gasteiger partial charge in [-0.1, -0.05) is 57.2 Å². The lowest BCUT2D eigenvalue weighted by molar-refractivity contribution is -0.147. The summed E-state index contributed by atoms with van der Waals surface area (Å²) in [6.07, 6.45) is 2.17. The molecule has 4 heteroatoms. The maximum Gasteiger partial charge on any atom is 0.325 e. The van der Waals surface area contributed by atoms with Gasteiger partial charge in [-0.05, 0) is 36.8 Å². The summed E-state index contributed by atoms with van der Waals surface area (Å²) in [7, 11) is 0. The molecule has 0 radical (unpaired) electrons. The molecule has 0 bridgehead atoms. The molecule has 0 aliphatic carbocycles. The highest BCUT2D eigenvalue weighted by Gasteiger charge is 2.48. The first-order valence-corrected chi connectivity index (χ1v) is 8.81. The van der Waals surface area contributed by atoms with Gasteiger partial charge in [0.2, 0.25) is 0 Å². The highest BCUT2D eigenvalue weighted by atomic mass is 16.6. The van der Waals surface area contributed by atoms with Crippen LogP contribution in [0.5, 0.6) is 0 Å². The number of hydrogen-bond acceptors (Lipinski definition) is 4. The topological polar surface area (TPSA) is 60.4 Å². The van der Waals surface area contributed by atoms with Crippen molar-refractivity contribution in [2.75, 3.05) is 0 Å². The monoisotopic (exact) mass is 342 g/mol. The van der Waals surface area contributed by atoms with Crippen LogP contribution in [0.25, 0.3) is 5.57 Å². The summed E-state index contributed by atoms with van der Waals surface area (Å²) in [6, 6.07) is 9.89. The Morgan fingerprint density at radius 1 is 1.16 bits per heavy atom. The normalized spacial score (nSPS) is 22.2. The Morgan fingerprint density at radius 2 is 1.80 bits per heavy atom. The van der Waals surface area contributed by atoms with E-state index < -0.39 is 23.9 Å². The second kappa shape index (κ2) is 8.24. The molecule has 25 heavy (non-hydrogen) atoms. The molecule has 1 fully saturated rings. The molecule has 0 spiro atoms. The van der Waals surface area contributed by atoms with Crippen LogP contribution in [0.1, 0.15) is 46.1 Å². The molecular formula is C21H26O4. The van der Waals surface area contributed by atoms with E-state index in [2.05, 4.69) is 0 Å². The third-order valence-electron chi connectivity index (χ3n) is 4.56. The van der Waals surface area contributed by atoms with Gasteiger partial charge in [0.25, 0.3) is 0 Å². The Balaban J connectivity index is 2.02. The number of ether oxygens (including phenoxy) is 1. The van der Waals surface area contributed by atoms with Crippen LogP contribution in [0, 0.1) is 17.8 Å². The first-order valence-electron chi connectivity index (χ1n) is 8.81. The van der Waals surface area contributed by atoms with E-state index in [1.165, 1.54) is 0 Å². The zero-order valence-corrected chi connectivity index (χ0v) is 15.3. The van der Waals surface area contributed by atoms with Crippen molar-refractivity contribution < 1.29 is 19.1 Å². The van der Waals surface area contributed by atoms with E-state index in [4.69, 9.17) is 4.74 Å². The number of esters is 1. The predicted molar refractivity (Wildman–Crippen MR) is 96.7 cm³/mol. The largest absolute Gasteiger partial charge is 0.453 e. The van der Waals surface area contributed by atoms with Gasteiger partial charge in [-0.15, -0.1) is 0 Å². The molecule has 0 saturated carbocycles. The molecule has 2 rings (SSSR count). The molecule has 1 heterocycles. The fourth-order valence-electron chi connectivity index (χ4n) is 2.99. The highest BCUT2D eigenvalue weighted by Crippen LogP contribution is 2.27. The molecule has 4 nitrogen and oxygen atoms in total. The van der Waals surface area contributed by atoms with E-state index >= 15 is 0 Å². The van der Waals surface area contributed by atoms with Crippen molar-refractivity contribution in [2.24, 2.45) is 17.8 Å². The Kier molecular flexibility index (Phi) is 6.29. The quantitative estimate of drug-likeness (QED) is 0.558. The van der Waals surface area contributed by atoms with E-state index in [1.807, 2.05) is 57.2 Å². The summed E-state index contributed by atoms with van der Waals surface area (Å²) in [6.45, 7) is 7.65. The lowest BCUT2D eigenvalue weighted by atomic mass is 9.87. The van der Waals surface area contributed by atoms with Gasteiger partial charge in [0, 0.05) is 5.92 Å². The molecule has 1 aromatic rings. The molecule has 1 saturated heterocycles. The van der Waals surface area contributed by atoms with E-state index in [9.17, 15) is 14.4 Å². The number of ketones is 2. The second-order valence-electron chi connectivity index (χ2n) is 7.18.